The zero-order valence-electron chi connectivity index (χ0n) is 13.3. The number of H-pyrrole nitrogens is 1. The number of amides is 1. The summed E-state index contributed by atoms with van der Waals surface area (Å²) in [6, 6.07) is 14.1. The van der Waals surface area contributed by atoms with E-state index in [4.69, 9.17) is 27.9 Å². The van der Waals surface area contributed by atoms with Crippen LogP contribution in [0.3, 0.4) is 0 Å². The summed E-state index contributed by atoms with van der Waals surface area (Å²) in [5, 5.41) is 11.1. The quantitative estimate of drug-likeness (QED) is 0.678. The highest BCUT2D eigenvalue weighted by atomic mass is 35.5. The van der Waals surface area contributed by atoms with Crippen molar-refractivity contribution in [2.24, 2.45) is 0 Å². The van der Waals surface area contributed by atoms with Crippen LogP contribution in [-0.2, 0) is 4.79 Å². The summed E-state index contributed by atoms with van der Waals surface area (Å²) in [4.78, 5) is 12.2. The van der Waals surface area contributed by atoms with Crippen LogP contribution in [0.2, 0.25) is 10.0 Å². The second-order valence-electron chi connectivity index (χ2n) is 5.34. The lowest BCUT2D eigenvalue weighted by Crippen LogP contribution is -2.20. The van der Waals surface area contributed by atoms with E-state index >= 15 is 0 Å². The molecule has 0 fully saturated rings. The summed E-state index contributed by atoms with van der Waals surface area (Å²) >= 11 is 12.0. The molecule has 0 radical (unpaired) electrons. The Hall–Kier alpha value is -2.50. The van der Waals surface area contributed by atoms with E-state index in [1.54, 1.807) is 30.3 Å². The van der Waals surface area contributed by atoms with Crippen LogP contribution in [0.4, 0.5) is 5.69 Å². The van der Waals surface area contributed by atoms with Crippen molar-refractivity contribution in [2.45, 2.75) is 6.92 Å². The molecule has 0 atom stereocenters. The zero-order valence-corrected chi connectivity index (χ0v) is 14.9. The number of nitrogens with zero attached hydrogens (tertiary/aromatic N) is 1. The maximum absolute atomic E-state index is 12.2. The Bertz CT molecular complexity index is 892. The first-order valence-electron chi connectivity index (χ1n) is 7.52. The van der Waals surface area contributed by atoms with E-state index in [2.05, 4.69) is 15.5 Å². The van der Waals surface area contributed by atoms with Crippen LogP contribution in [0.15, 0.2) is 48.5 Å². The molecule has 3 rings (SSSR count). The van der Waals surface area contributed by atoms with Gasteiger partial charge in [-0.05, 0) is 37.3 Å². The Balaban J connectivity index is 1.72. The average Bonchev–Trinajstić information content (AvgIpc) is 2.95. The van der Waals surface area contributed by atoms with Crippen molar-refractivity contribution in [3.05, 3.63) is 64.3 Å². The Kier molecular flexibility index (Phi) is 5.26. The molecule has 0 saturated heterocycles. The van der Waals surface area contributed by atoms with E-state index in [0.29, 0.717) is 27.2 Å². The van der Waals surface area contributed by atoms with Crippen LogP contribution in [0, 0.1) is 6.92 Å². The molecule has 0 saturated carbocycles. The maximum Gasteiger partial charge on any atom is 0.262 e. The molecule has 2 aromatic carbocycles. The number of hydrogen-bond acceptors (Lipinski definition) is 3. The van der Waals surface area contributed by atoms with Gasteiger partial charge in [-0.15, -0.1) is 0 Å². The molecule has 0 aliphatic heterocycles. The van der Waals surface area contributed by atoms with Gasteiger partial charge < -0.3 is 10.1 Å². The summed E-state index contributed by atoms with van der Waals surface area (Å²) in [6.07, 6.45) is 0. The van der Waals surface area contributed by atoms with E-state index in [1.165, 1.54) is 0 Å². The van der Waals surface area contributed by atoms with E-state index in [9.17, 15) is 4.79 Å². The number of aromatic nitrogens is 2. The summed E-state index contributed by atoms with van der Waals surface area (Å²) in [7, 11) is 0. The van der Waals surface area contributed by atoms with Crippen molar-refractivity contribution < 1.29 is 9.53 Å². The average molecular weight is 376 g/mol. The summed E-state index contributed by atoms with van der Waals surface area (Å²) in [5.41, 5.74) is 2.64. The highest BCUT2D eigenvalue weighted by Gasteiger charge is 2.17. The molecule has 0 aliphatic rings. The van der Waals surface area contributed by atoms with Gasteiger partial charge in [-0.1, -0.05) is 41.4 Å². The van der Waals surface area contributed by atoms with E-state index in [0.717, 1.165) is 11.3 Å². The topological polar surface area (TPSA) is 67.0 Å². The third-order valence-electron chi connectivity index (χ3n) is 3.52. The molecule has 0 unspecified atom stereocenters. The first-order chi connectivity index (χ1) is 12.0. The zero-order chi connectivity index (χ0) is 17.8. The third kappa shape index (κ3) is 4.13. The van der Waals surface area contributed by atoms with Crippen LogP contribution < -0.4 is 10.1 Å². The SMILES string of the molecule is Cc1[nH]nc(-c2ccccc2Cl)c1NC(=O)COc1ccc(Cl)cc1. The number of carbonyl (C=O) groups excluding carboxylic acids is 1. The minimum Gasteiger partial charge on any atom is -0.484 e. The molecule has 128 valence electrons. The second-order valence-corrected chi connectivity index (χ2v) is 6.19. The number of rotatable bonds is 5. The maximum atomic E-state index is 12.2. The monoisotopic (exact) mass is 375 g/mol. The first kappa shape index (κ1) is 17.3. The van der Waals surface area contributed by atoms with E-state index in [-0.39, 0.29) is 12.5 Å². The lowest BCUT2D eigenvalue weighted by Gasteiger charge is -2.09. The Morgan fingerprint density at radius 3 is 2.60 bits per heavy atom. The van der Waals surface area contributed by atoms with Crippen LogP contribution >= 0.6 is 23.2 Å². The molecule has 7 heteroatoms. The molecular weight excluding hydrogens is 361 g/mol. The van der Waals surface area contributed by atoms with Crippen LogP contribution in [0.1, 0.15) is 5.69 Å². The van der Waals surface area contributed by atoms with Crippen LogP contribution in [-0.4, -0.2) is 22.7 Å². The molecule has 2 N–H and O–H groups in total. The van der Waals surface area contributed by atoms with Gasteiger partial charge in [-0.3, -0.25) is 9.89 Å². The predicted octanol–water partition coefficient (Wildman–Crippen LogP) is 4.71. The molecule has 1 aromatic heterocycles. The van der Waals surface area contributed by atoms with Gasteiger partial charge in [-0.25, -0.2) is 0 Å². The van der Waals surface area contributed by atoms with Crippen LogP contribution in [0.25, 0.3) is 11.3 Å². The number of anilines is 1. The van der Waals surface area contributed by atoms with Gasteiger partial charge in [0.05, 0.1) is 16.4 Å². The summed E-state index contributed by atoms with van der Waals surface area (Å²) in [6.45, 7) is 1.69. The number of carbonyl (C=O) groups is 1. The van der Waals surface area contributed by atoms with Crippen LogP contribution in [0.5, 0.6) is 5.75 Å². The largest absolute Gasteiger partial charge is 0.484 e. The van der Waals surface area contributed by atoms with Crippen molar-refractivity contribution in [1.82, 2.24) is 10.2 Å². The highest BCUT2D eigenvalue weighted by molar-refractivity contribution is 6.33. The molecule has 25 heavy (non-hydrogen) atoms. The fourth-order valence-electron chi connectivity index (χ4n) is 2.29. The molecule has 3 aromatic rings. The molecule has 1 heterocycles. The number of aromatic amines is 1. The Morgan fingerprint density at radius 2 is 1.88 bits per heavy atom. The number of ether oxygens (including phenoxy) is 1. The number of nitrogens with one attached hydrogen (secondary N) is 2. The van der Waals surface area contributed by atoms with Crippen molar-refractivity contribution in [3.63, 3.8) is 0 Å². The number of hydrogen-bond donors (Lipinski definition) is 2. The Morgan fingerprint density at radius 1 is 1.16 bits per heavy atom. The molecular formula is C18H15Cl2N3O2. The standard InChI is InChI=1S/C18H15Cl2N3O2/c1-11-17(18(23-22-11)14-4-2-3-5-15(14)20)21-16(24)10-25-13-8-6-12(19)7-9-13/h2-9H,10H2,1H3,(H,21,24)(H,22,23). The molecule has 1 amide bonds. The molecule has 5 nitrogen and oxygen atoms in total. The summed E-state index contributed by atoms with van der Waals surface area (Å²) in [5.74, 6) is 0.266. The number of benzene rings is 2. The minimum atomic E-state index is -0.298. The smallest absolute Gasteiger partial charge is 0.262 e. The molecule has 0 bridgehead atoms. The second kappa shape index (κ2) is 7.59. The van der Waals surface area contributed by atoms with E-state index in [1.807, 2.05) is 25.1 Å². The highest BCUT2D eigenvalue weighted by Crippen LogP contribution is 2.33. The number of aryl methyl sites for hydroxylation is 1. The van der Waals surface area contributed by atoms with Crippen molar-refractivity contribution in [3.8, 4) is 17.0 Å². The Labute approximate surface area is 154 Å². The number of halogens is 2. The fourth-order valence-corrected chi connectivity index (χ4v) is 2.64. The van der Waals surface area contributed by atoms with Gasteiger partial charge in [0, 0.05) is 10.6 Å². The van der Waals surface area contributed by atoms with E-state index < -0.39 is 0 Å². The van der Waals surface area contributed by atoms with Gasteiger partial charge in [0.1, 0.15) is 11.4 Å². The van der Waals surface area contributed by atoms with Crippen molar-refractivity contribution in [2.75, 3.05) is 11.9 Å². The van der Waals surface area contributed by atoms with Crippen molar-refractivity contribution >= 4 is 34.8 Å². The lowest BCUT2D eigenvalue weighted by molar-refractivity contribution is -0.118. The third-order valence-corrected chi connectivity index (χ3v) is 4.11. The first-order valence-corrected chi connectivity index (χ1v) is 8.28. The van der Waals surface area contributed by atoms with Gasteiger partial charge in [-0.2, -0.15) is 5.10 Å². The van der Waals surface area contributed by atoms with Gasteiger partial charge in [0.25, 0.3) is 5.91 Å². The van der Waals surface area contributed by atoms with Gasteiger partial charge in [0.2, 0.25) is 0 Å². The van der Waals surface area contributed by atoms with Gasteiger partial charge >= 0.3 is 0 Å². The molecule has 0 aliphatic carbocycles. The summed E-state index contributed by atoms with van der Waals surface area (Å²) < 4.78 is 5.45. The lowest BCUT2D eigenvalue weighted by atomic mass is 10.1. The van der Waals surface area contributed by atoms with Gasteiger partial charge in [0.15, 0.2) is 6.61 Å². The normalized spacial score (nSPS) is 10.5. The molecule has 0 spiro atoms. The predicted molar refractivity (Wildman–Crippen MR) is 99.3 cm³/mol. The fraction of sp³-hybridized carbons (Fsp3) is 0.111. The minimum absolute atomic E-state index is 0.131. The van der Waals surface area contributed by atoms with Crippen molar-refractivity contribution in [1.29, 1.82) is 0 Å².